The molecular weight excluding hydrogens is 174 g/mol. The molecule has 6 heteroatoms. The van der Waals surface area contributed by atoms with Crippen LogP contribution in [0.15, 0.2) is 0 Å². The first-order valence-electron chi connectivity index (χ1n) is 3.08. The van der Waals surface area contributed by atoms with Gasteiger partial charge in [0.15, 0.2) is 0 Å². The number of rotatable bonds is 4. The van der Waals surface area contributed by atoms with Gasteiger partial charge in [-0.2, -0.15) is 0 Å². The van der Waals surface area contributed by atoms with E-state index in [9.17, 15) is 14.9 Å². The SMILES string of the molecule is O=C(Cl)[C@H]1C[C@@H]1CO[N+](=O)[O-]. The first kappa shape index (κ1) is 8.26. The Hall–Kier alpha value is -0.840. The van der Waals surface area contributed by atoms with E-state index >= 15 is 0 Å². The van der Waals surface area contributed by atoms with Crippen LogP contribution in [-0.2, 0) is 9.63 Å². The molecule has 1 saturated carbocycles. The van der Waals surface area contributed by atoms with Crippen molar-refractivity contribution in [3.63, 3.8) is 0 Å². The zero-order valence-electron chi connectivity index (χ0n) is 5.53. The smallest absolute Gasteiger partial charge is 0.294 e. The maximum Gasteiger partial charge on any atom is 0.294 e. The quantitative estimate of drug-likeness (QED) is 0.360. The van der Waals surface area contributed by atoms with Crippen LogP contribution >= 0.6 is 11.6 Å². The molecule has 1 aliphatic carbocycles. The standard InChI is InChI=1S/C5H6ClNO4/c6-5(8)4-1-3(4)2-11-7(9)10/h3-4H,1-2H2/t3-,4+/m1/s1. The molecule has 2 atom stereocenters. The first-order chi connectivity index (χ1) is 5.11. The maximum atomic E-state index is 10.4. The first-order valence-corrected chi connectivity index (χ1v) is 3.45. The average Bonchev–Trinajstić information content (AvgIpc) is 2.61. The molecule has 0 aromatic carbocycles. The normalized spacial score (nSPS) is 27.7. The van der Waals surface area contributed by atoms with Gasteiger partial charge in [-0.15, -0.1) is 10.1 Å². The predicted octanol–water partition coefficient (Wildman–Crippen LogP) is 0.596. The molecule has 11 heavy (non-hydrogen) atoms. The third kappa shape index (κ3) is 2.34. The highest BCUT2D eigenvalue weighted by molar-refractivity contribution is 6.64. The molecule has 5 nitrogen and oxygen atoms in total. The summed E-state index contributed by atoms with van der Waals surface area (Å²) < 4.78 is 0. The molecule has 1 rings (SSSR count). The summed E-state index contributed by atoms with van der Waals surface area (Å²) in [4.78, 5) is 24.1. The van der Waals surface area contributed by atoms with Crippen molar-refractivity contribution in [2.24, 2.45) is 11.8 Å². The minimum atomic E-state index is -0.867. The van der Waals surface area contributed by atoms with Crippen LogP contribution in [0.3, 0.4) is 0 Å². The number of halogens is 1. The highest BCUT2D eigenvalue weighted by Gasteiger charge is 2.42. The fourth-order valence-electron chi connectivity index (χ4n) is 0.866. The number of nitrogens with zero attached hydrogens (tertiary/aromatic N) is 1. The second-order valence-corrected chi connectivity index (χ2v) is 2.80. The van der Waals surface area contributed by atoms with Gasteiger partial charge in [-0.05, 0) is 23.9 Å². The Labute approximate surface area is 67.4 Å². The van der Waals surface area contributed by atoms with E-state index in [-0.39, 0.29) is 18.4 Å². The van der Waals surface area contributed by atoms with E-state index in [2.05, 4.69) is 4.84 Å². The Bertz CT molecular complexity index is 195. The van der Waals surface area contributed by atoms with Crippen LogP contribution < -0.4 is 0 Å². The fourth-order valence-corrected chi connectivity index (χ4v) is 1.13. The second kappa shape index (κ2) is 3.04. The highest BCUT2D eigenvalue weighted by Crippen LogP contribution is 2.40. The minimum absolute atomic E-state index is 0.0177. The zero-order chi connectivity index (χ0) is 8.43. The summed E-state index contributed by atoms with van der Waals surface area (Å²) in [6, 6.07) is 0. The lowest BCUT2D eigenvalue weighted by molar-refractivity contribution is -0.758. The molecule has 0 aromatic heterocycles. The summed E-state index contributed by atoms with van der Waals surface area (Å²) in [6.45, 7) is -0.0177. The van der Waals surface area contributed by atoms with E-state index in [1.807, 2.05) is 0 Å². The van der Waals surface area contributed by atoms with Crippen molar-refractivity contribution in [1.82, 2.24) is 0 Å². The second-order valence-electron chi connectivity index (χ2n) is 2.43. The maximum absolute atomic E-state index is 10.4. The summed E-state index contributed by atoms with van der Waals surface area (Å²) in [5.41, 5.74) is 0. The van der Waals surface area contributed by atoms with Gasteiger partial charge >= 0.3 is 0 Å². The van der Waals surface area contributed by atoms with E-state index in [0.717, 1.165) is 0 Å². The Morgan fingerprint density at radius 2 is 2.45 bits per heavy atom. The molecule has 0 radical (unpaired) electrons. The number of carbonyl (C=O) groups is 1. The van der Waals surface area contributed by atoms with Crippen LogP contribution in [0.4, 0.5) is 0 Å². The largest absolute Gasteiger partial charge is 0.314 e. The molecule has 0 bridgehead atoms. The van der Waals surface area contributed by atoms with Crippen molar-refractivity contribution < 1.29 is 14.7 Å². The molecule has 0 unspecified atom stereocenters. The van der Waals surface area contributed by atoms with Crippen molar-refractivity contribution in [2.75, 3.05) is 6.61 Å². The minimum Gasteiger partial charge on any atom is -0.314 e. The molecule has 1 fully saturated rings. The Kier molecular flexibility index (Phi) is 2.28. The van der Waals surface area contributed by atoms with E-state index in [4.69, 9.17) is 11.6 Å². The number of hydrogen-bond acceptors (Lipinski definition) is 4. The molecule has 0 aromatic rings. The van der Waals surface area contributed by atoms with Gasteiger partial charge in [0.05, 0.1) is 0 Å². The average molecular weight is 180 g/mol. The number of hydrogen-bond donors (Lipinski definition) is 0. The molecule has 0 aliphatic heterocycles. The summed E-state index contributed by atoms with van der Waals surface area (Å²) in [7, 11) is 0. The molecule has 62 valence electrons. The predicted molar refractivity (Wildman–Crippen MR) is 35.4 cm³/mol. The van der Waals surface area contributed by atoms with Crippen LogP contribution in [0.1, 0.15) is 6.42 Å². The van der Waals surface area contributed by atoms with Gasteiger partial charge in [0.1, 0.15) is 6.61 Å². The van der Waals surface area contributed by atoms with Gasteiger partial charge in [-0.1, -0.05) is 0 Å². The zero-order valence-corrected chi connectivity index (χ0v) is 6.28. The van der Waals surface area contributed by atoms with Crippen LogP contribution in [0.2, 0.25) is 0 Å². The van der Waals surface area contributed by atoms with E-state index in [1.165, 1.54) is 0 Å². The van der Waals surface area contributed by atoms with Crippen LogP contribution in [0, 0.1) is 22.0 Å². The molecule has 0 N–H and O–H groups in total. The monoisotopic (exact) mass is 179 g/mol. The van der Waals surface area contributed by atoms with Crippen molar-refractivity contribution in [3.05, 3.63) is 10.1 Å². The Morgan fingerprint density at radius 1 is 1.82 bits per heavy atom. The van der Waals surface area contributed by atoms with E-state index in [0.29, 0.717) is 6.42 Å². The lowest BCUT2D eigenvalue weighted by Gasteiger charge is -1.93. The van der Waals surface area contributed by atoms with Crippen molar-refractivity contribution in [1.29, 1.82) is 0 Å². The van der Waals surface area contributed by atoms with Gasteiger partial charge in [-0.25, -0.2) is 0 Å². The van der Waals surface area contributed by atoms with Gasteiger partial charge in [0.2, 0.25) is 5.24 Å². The number of carbonyl (C=O) groups excluding carboxylic acids is 1. The molecule has 0 heterocycles. The Morgan fingerprint density at radius 3 is 2.82 bits per heavy atom. The third-order valence-corrected chi connectivity index (χ3v) is 1.89. The van der Waals surface area contributed by atoms with Crippen LogP contribution in [0.5, 0.6) is 0 Å². The van der Waals surface area contributed by atoms with E-state index in [1.54, 1.807) is 0 Å². The summed E-state index contributed by atoms with van der Waals surface area (Å²) >= 11 is 5.12. The van der Waals surface area contributed by atoms with Gasteiger partial charge in [0.25, 0.3) is 5.09 Å². The summed E-state index contributed by atoms with van der Waals surface area (Å²) in [5, 5.41) is 8.38. The molecule has 0 spiro atoms. The molecule has 1 aliphatic rings. The lowest BCUT2D eigenvalue weighted by Crippen LogP contribution is -2.05. The molecular formula is C5H6ClNO4. The molecule has 0 amide bonds. The summed E-state index contributed by atoms with van der Waals surface area (Å²) in [6.07, 6.45) is 0.607. The lowest BCUT2D eigenvalue weighted by atomic mass is 10.3. The fraction of sp³-hybridized carbons (Fsp3) is 0.800. The third-order valence-electron chi connectivity index (χ3n) is 1.61. The molecule has 0 saturated heterocycles. The van der Waals surface area contributed by atoms with Crippen LogP contribution in [0.25, 0.3) is 0 Å². The van der Waals surface area contributed by atoms with Crippen LogP contribution in [-0.4, -0.2) is 16.9 Å². The Balaban J connectivity index is 2.14. The van der Waals surface area contributed by atoms with Gasteiger partial charge in [0, 0.05) is 5.92 Å². The topological polar surface area (TPSA) is 69.4 Å². The van der Waals surface area contributed by atoms with Gasteiger partial charge in [-0.3, -0.25) is 4.79 Å². The highest BCUT2D eigenvalue weighted by atomic mass is 35.5. The van der Waals surface area contributed by atoms with E-state index < -0.39 is 10.3 Å². The van der Waals surface area contributed by atoms with Crippen molar-refractivity contribution in [2.45, 2.75) is 6.42 Å². The van der Waals surface area contributed by atoms with Gasteiger partial charge < -0.3 is 4.84 Å². The van der Waals surface area contributed by atoms with Crippen molar-refractivity contribution in [3.8, 4) is 0 Å². The summed E-state index contributed by atoms with van der Waals surface area (Å²) in [5.74, 6) is -0.276. The van der Waals surface area contributed by atoms with Crippen molar-refractivity contribution >= 4 is 16.8 Å².